The number of aliphatic hydroxyl groups is 1. The molecule has 0 radical (unpaired) electrons. The first-order valence-corrected chi connectivity index (χ1v) is 19.9. The molecule has 63 heavy (non-hydrogen) atoms. The molecule has 0 saturated carbocycles. The molecule has 2 N–H and O–H groups in total. The molecular formula is C42H47ClF5N3O12. The highest BCUT2D eigenvalue weighted by Crippen LogP contribution is 2.50. The van der Waals surface area contributed by atoms with Crippen LogP contribution < -0.4 is 19.7 Å². The number of hydrogen-bond donors (Lipinski definition) is 2. The molecule has 0 spiro atoms. The van der Waals surface area contributed by atoms with Gasteiger partial charge in [-0.05, 0) is 51.8 Å². The predicted octanol–water partition coefficient (Wildman–Crippen LogP) is 5.39. The SMILES string of the molecule is COc1cc2cc(c1Cl)N(C)C(=O)C[C@H](OC(=O)[C@H](C)N(C)C(=O)CCC(=O)Oc1c(F)c(F)c(F)c(F)c1F)[C@@]1(C)OC1[C@](C)(O)[C@@H]1C[C@H](NC(=O)O1)[C@H](OC)C=CC=C(C)C2. The van der Waals surface area contributed by atoms with Crippen LogP contribution in [0.3, 0.4) is 0 Å². The average Bonchev–Trinajstić information content (AvgIpc) is 3.96. The third kappa shape index (κ3) is 10.2. The molecule has 15 nitrogen and oxygen atoms in total. The van der Waals surface area contributed by atoms with Crippen molar-refractivity contribution < 1.29 is 79.5 Å². The van der Waals surface area contributed by atoms with Crippen LogP contribution >= 0.6 is 11.6 Å². The zero-order chi connectivity index (χ0) is 46.9. The van der Waals surface area contributed by atoms with Gasteiger partial charge in [0.15, 0.2) is 0 Å². The van der Waals surface area contributed by atoms with E-state index in [4.69, 9.17) is 35.3 Å². The van der Waals surface area contributed by atoms with Crippen molar-refractivity contribution in [3.63, 3.8) is 0 Å². The Kier molecular flexibility index (Phi) is 14.8. The van der Waals surface area contributed by atoms with Gasteiger partial charge in [0.2, 0.25) is 46.6 Å². The maximum Gasteiger partial charge on any atom is 0.407 e. The molecule has 8 atom stereocenters. The van der Waals surface area contributed by atoms with Crippen LogP contribution in [0.4, 0.5) is 32.4 Å². The van der Waals surface area contributed by atoms with Crippen molar-refractivity contribution >= 4 is 47.1 Å². The zero-order valence-corrected chi connectivity index (χ0v) is 36.2. The van der Waals surface area contributed by atoms with E-state index in [1.807, 2.05) is 13.0 Å². The number of rotatable bonds is 9. The minimum Gasteiger partial charge on any atom is -0.495 e. The number of carbonyl (C=O) groups is 5. The Labute approximate surface area is 364 Å². The smallest absolute Gasteiger partial charge is 0.407 e. The predicted molar refractivity (Wildman–Crippen MR) is 212 cm³/mol. The molecule has 5 rings (SSSR count). The summed E-state index contributed by atoms with van der Waals surface area (Å²) in [5, 5.41) is 14.9. The maximum absolute atomic E-state index is 14.2. The second-order valence-corrected chi connectivity index (χ2v) is 16.2. The number of methoxy groups -OCH3 is 2. The number of halogens is 6. The van der Waals surface area contributed by atoms with E-state index in [0.717, 1.165) is 23.1 Å². The van der Waals surface area contributed by atoms with E-state index in [2.05, 4.69) is 10.1 Å². The molecule has 3 aliphatic rings. The number of nitrogens with zero attached hydrogens (tertiary/aromatic N) is 2. The van der Waals surface area contributed by atoms with E-state index in [0.29, 0.717) is 6.42 Å². The first-order valence-electron chi connectivity index (χ1n) is 19.5. The van der Waals surface area contributed by atoms with Crippen molar-refractivity contribution in [2.75, 3.05) is 33.2 Å². The van der Waals surface area contributed by atoms with Gasteiger partial charge in [-0.2, -0.15) is 8.78 Å². The summed E-state index contributed by atoms with van der Waals surface area (Å²) >= 11 is 6.72. The molecule has 344 valence electrons. The molecule has 0 aliphatic carbocycles. The van der Waals surface area contributed by atoms with Crippen molar-refractivity contribution in [1.82, 2.24) is 10.2 Å². The number of benzene rings is 2. The first kappa shape index (κ1) is 48.7. The topological polar surface area (TPSA) is 183 Å². The van der Waals surface area contributed by atoms with Crippen LogP contribution in [0, 0.1) is 29.1 Å². The fraction of sp³-hybridized carbons (Fsp3) is 0.500. The molecule has 4 bridgehead atoms. The Morgan fingerprint density at radius 2 is 1.68 bits per heavy atom. The lowest BCUT2D eigenvalue weighted by Crippen LogP contribution is -2.60. The van der Waals surface area contributed by atoms with Crippen molar-refractivity contribution in [2.24, 2.45) is 0 Å². The average molecular weight is 916 g/mol. The summed E-state index contributed by atoms with van der Waals surface area (Å²) in [5.74, 6) is -17.7. The van der Waals surface area contributed by atoms with Gasteiger partial charge >= 0.3 is 18.0 Å². The lowest BCUT2D eigenvalue weighted by molar-refractivity contribution is -0.162. The Morgan fingerprint density at radius 1 is 1.05 bits per heavy atom. The zero-order valence-electron chi connectivity index (χ0n) is 35.5. The largest absolute Gasteiger partial charge is 0.495 e. The van der Waals surface area contributed by atoms with Crippen molar-refractivity contribution in [2.45, 2.75) is 108 Å². The van der Waals surface area contributed by atoms with Crippen LogP contribution in [-0.2, 0) is 44.5 Å². The van der Waals surface area contributed by atoms with Gasteiger partial charge in [-0.3, -0.25) is 14.4 Å². The molecule has 0 aromatic heterocycles. The van der Waals surface area contributed by atoms with Crippen molar-refractivity contribution in [3.05, 3.63) is 75.6 Å². The van der Waals surface area contributed by atoms with Gasteiger partial charge in [0.25, 0.3) is 0 Å². The van der Waals surface area contributed by atoms with Gasteiger partial charge in [-0.25, -0.2) is 22.8 Å². The summed E-state index contributed by atoms with van der Waals surface area (Å²) < 4.78 is 102. The number of allylic oxidation sites excluding steroid dienone is 3. The molecule has 21 heteroatoms. The Hall–Kier alpha value is -5.31. The van der Waals surface area contributed by atoms with E-state index < -0.39 is 132 Å². The summed E-state index contributed by atoms with van der Waals surface area (Å²) in [6.07, 6.45) is -1.87. The Balaban J connectivity index is 1.42. The molecule has 2 fully saturated rings. The number of hydrogen-bond acceptors (Lipinski definition) is 12. The summed E-state index contributed by atoms with van der Waals surface area (Å²) in [6, 6.07) is 1.29. The summed E-state index contributed by atoms with van der Waals surface area (Å²) in [7, 11) is 5.46. The van der Waals surface area contributed by atoms with Crippen LogP contribution in [0.25, 0.3) is 0 Å². The normalized spacial score (nSPS) is 26.7. The quantitative estimate of drug-likeness (QED) is 0.0819. The van der Waals surface area contributed by atoms with Crippen molar-refractivity contribution in [3.8, 4) is 11.5 Å². The fourth-order valence-electron chi connectivity index (χ4n) is 7.41. The summed E-state index contributed by atoms with van der Waals surface area (Å²) in [6.45, 7) is 5.97. The van der Waals surface area contributed by atoms with Gasteiger partial charge in [-0.1, -0.05) is 35.4 Å². The first-order chi connectivity index (χ1) is 29.5. The number of anilines is 1. The van der Waals surface area contributed by atoms with Gasteiger partial charge < -0.3 is 48.6 Å². The van der Waals surface area contributed by atoms with Gasteiger partial charge in [0, 0.05) is 34.0 Å². The fourth-order valence-corrected chi connectivity index (χ4v) is 7.72. The second-order valence-electron chi connectivity index (χ2n) is 15.8. The standard InChI is InChI=1S/C42H47ClF5N3O12/c1-19-10-9-11-24(58-7)22-17-26(61-40(56)49-22)41(3,57)39-42(4,63-39)27(18-29(53)51(6)23-15-21(14-19)16-25(59-8)31(23)43)60-38(55)20(2)50(5)28(52)12-13-30(54)62-37-35(47)33(45)32(44)34(46)36(37)48/h9-11,15-16,20,22,24,26-27,39,57H,12-14,17-18H2,1-8H3,(H,49,56)/t20-,22-,24+,26-,27-,39?,41+,42+/m0/s1. The van der Waals surface area contributed by atoms with E-state index in [9.17, 15) is 51.0 Å². The van der Waals surface area contributed by atoms with E-state index >= 15 is 0 Å². The van der Waals surface area contributed by atoms with Crippen LogP contribution in [0.5, 0.6) is 11.5 Å². The number of ether oxygens (including phenoxy) is 6. The number of likely N-dealkylation sites (N-methyl/N-ethyl adjacent to an activating group) is 1. The van der Waals surface area contributed by atoms with Crippen LogP contribution in [-0.4, -0.2) is 116 Å². The molecule has 2 saturated heterocycles. The molecular weight excluding hydrogens is 869 g/mol. The molecule has 2 aromatic carbocycles. The second kappa shape index (κ2) is 19.2. The Morgan fingerprint density at radius 3 is 2.30 bits per heavy atom. The Bertz CT molecular complexity index is 2200. The number of amides is 3. The van der Waals surface area contributed by atoms with Crippen LogP contribution in [0.15, 0.2) is 35.9 Å². The van der Waals surface area contributed by atoms with Gasteiger partial charge in [0.1, 0.15) is 46.3 Å². The van der Waals surface area contributed by atoms with E-state index in [1.165, 1.54) is 46.9 Å². The molecule has 1 unspecified atom stereocenters. The maximum atomic E-state index is 14.2. The summed E-state index contributed by atoms with van der Waals surface area (Å²) in [4.78, 5) is 68.5. The lowest BCUT2D eigenvalue weighted by atomic mass is 9.81. The number of carbonyl (C=O) groups excluding carboxylic acids is 5. The number of nitrogens with one attached hydrogen (secondary N) is 1. The van der Waals surface area contributed by atoms with Crippen LogP contribution in [0.2, 0.25) is 5.02 Å². The molecule has 3 heterocycles. The minimum absolute atomic E-state index is 0.0372. The monoisotopic (exact) mass is 915 g/mol. The highest BCUT2D eigenvalue weighted by Gasteiger charge is 2.69. The third-order valence-electron chi connectivity index (χ3n) is 11.4. The van der Waals surface area contributed by atoms with Gasteiger partial charge in [0.05, 0.1) is 37.8 Å². The minimum atomic E-state index is -2.47. The van der Waals surface area contributed by atoms with Crippen molar-refractivity contribution in [1.29, 1.82) is 0 Å². The highest BCUT2D eigenvalue weighted by molar-refractivity contribution is 6.35. The van der Waals surface area contributed by atoms with Gasteiger partial charge in [-0.15, -0.1) is 0 Å². The number of alkyl carbamates (subject to hydrolysis) is 1. The number of fused-ring (bicyclic) bond motifs is 5. The third-order valence-corrected chi connectivity index (χ3v) is 11.8. The molecule has 2 aromatic rings. The number of esters is 2. The van der Waals surface area contributed by atoms with Crippen LogP contribution in [0.1, 0.15) is 58.9 Å². The highest BCUT2D eigenvalue weighted by atomic mass is 35.5. The summed E-state index contributed by atoms with van der Waals surface area (Å²) in [5.41, 5.74) is -1.72. The molecule has 3 amide bonds. The van der Waals surface area contributed by atoms with E-state index in [-0.39, 0.29) is 22.9 Å². The number of epoxide rings is 1. The molecule has 3 aliphatic heterocycles. The van der Waals surface area contributed by atoms with E-state index in [1.54, 1.807) is 24.3 Å². The lowest BCUT2D eigenvalue weighted by Gasteiger charge is -2.40.